The van der Waals surface area contributed by atoms with Gasteiger partial charge in [-0.2, -0.15) is 0 Å². The summed E-state index contributed by atoms with van der Waals surface area (Å²) in [6.45, 7) is 36.7. The smallest absolute Gasteiger partial charge is 0.0155 e. The molecule has 1 saturated carbocycles. The van der Waals surface area contributed by atoms with E-state index in [4.69, 9.17) is 0 Å². The second kappa shape index (κ2) is 47.4. The molecule has 0 radical (unpaired) electrons. The highest BCUT2D eigenvalue weighted by molar-refractivity contribution is 5.85. The normalized spacial score (nSPS) is 10.9. The molecule has 0 aliphatic heterocycles. The number of hydrogen-bond acceptors (Lipinski definition) is 0. The molecule has 8 rings (SSSR count). The predicted molar refractivity (Wildman–Crippen MR) is 332 cm³/mol. The molecule has 0 heterocycles. The first-order valence-electron chi connectivity index (χ1n) is 27.7. The van der Waals surface area contributed by atoms with Crippen LogP contribution in [0, 0.1) is 39.0 Å². The molecular weight excluding hydrogens is 853 g/mol. The van der Waals surface area contributed by atoms with E-state index < -0.39 is 0 Å². The molecule has 0 saturated heterocycles. The number of aryl methyl sites for hydroxylation is 4. The monoisotopic (exact) mass is 963 g/mol. The van der Waals surface area contributed by atoms with Crippen LogP contribution in [0.1, 0.15) is 203 Å². The molecule has 0 unspecified atom stereocenters. The highest BCUT2D eigenvalue weighted by atomic mass is 14.1. The Balaban J connectivity index is -0.000000750. The van der Waals surface area contributed by atoms with Gasteiger partial charge in [0.15, 0.2) is 0 Å². The van der Waals surface area contributed by atoms with Crippen molar-refractivity contribution in [1.29, 1.82) is 0 Å². The lowest BCUT2D eigenvalue weighted by molar-refractivity contribution is 0.385. The van der Waals surface area contributed by atoms with Gasteiger partial charge in [0.25, 0.3) is 0 Å². The minimum absolute atomic E-state index is 0. The first kappa shape index (κ1) is 70.3. The molecule has 0 nitrogen and oxygen atoms in total. The lowest BCUT2D eigenvalue weighted by Gasteiger charge is -2.15. The molecule has 394 valence electrons. The maximum Gasteiger partial charge on any atom is -0.0155 e. The fourth-order valence-electron chi connectivity index (χ4n) is 6.59. The van der Waals surface area contributed by atoms with Gasteiger partial charge in [-0.3, -0.25) is 0 Å². The van der Waals surface area contributed by atoms with Crippen LogP contribution in [0.25, 0.3) is 32.7 Å². The van der Waals surface area contributed by atoms with Crippen LogP contribution in [0.3, 0.4) is 0 Å². The molecule has 0 amide bonds. The summed E-state index contributed by atoms with van der Waals surface area (Å²) in [7, 11) is 0. The van der Waals surface area contributed by atoms with Crippen molar-refractivity contribution in [3.63, 3.8) is 0 Å². The third-order valence-corrected chi connectivity index (χ3v) is 10.6. The van der Waals surface area contributed by atoms with E-state index in [0.717, 1.165) is 5.92 Å². The molecular formula is C71H110. The van der Waals surface area contributed by atoms with Crippen LogP contribution in [-0.4, -0.2) is 0 Å². The largest absolute Gasteiger partial charge is 0.0776 e. The average Bonchev–Trinajstić information content (AvgIpc) is 3.37. The van der Waals surface area contributed by atoms with Crippen LogP contribution < -0.4 is 0 Å². The summed E-state index contributed by atoms with van der Waals surface area (Å²) in [5.41, 5.74) is 8.36. The SMILES string of the molecule is C.CC.CC(C)(C)C.CC1CCCCC1.CCC.CCCC.CCCCCCC.Cc1ccc(-c2ccccc2)cc1.Cc1ccc2ccccc2c1.Cc1cccc2ccccc12.Cc1ccccc1. The Kier molecular flexibility index (Phi) is 46.9. The van der Waals surface area contributed by atoms with Crippen molar-refractivity contribution in [1.82, 2.24) is 0 Å². The Bertz CT molecular complexity index is 2120. The Labute approximate surface area is 442 Å². The highest BCUT2D eigenvalue weighted by Crippen LogP contribution is 2.22. The lowest BCUT2D eigenvalue weighted by atomic mass is 9.91. The summed E-state index contributed by atoms with van der Waals surface area (Å²) in [5.74, 6) is 1.04. The molecule has 0 bridgehead atoms. The number of fused-ring (bicyclic) bond motifs is 2. The molecule has 1 aliphatic carbocycles. The number of benzene rings is 7. The van der Waals surface area contributed by atoms with Gasteiger partial charge in [-0.1, -0.05) is 367 Å². The molecule has 0 heteroatoms. The molecule has 0 aromatic heterocycles. The van der Waals surface area contributed by atoms with Crippen molar-refractivity contribution < 1.29 is 0 Å². The van der Waals surface area contributed by atoms with E-state index in [1.165, 1.54) is 138 Å². The highest BCUT2D eigenvalue weighted by Gasteiger charge is 2.06. The summed E-state index contributed by atoms with van der Waals surface area (Å²) in [6.07, 6.45) is 18.3. The molecule has 7 aromatic carbocycles. The molecule has 0 spiro atoms. The van der Waals surface area contributed by atoms with Crippen molar-refractivity contribution in [3.05, 3.63) is 192 Å². The molecule has 0 atom stereocenters. The van der Waals surface area contributed by atoms with Crippen LogP contribution in [0.5, 0.6) is 0 Å². The van der Waals surface area contributed by atoms with E-state index in [1.807, 2.05) is 38.1 Å². The zero-order valence-corrected chi connectivity index (χ0v) is 48.4. The lowest BCUT2D eigenvalue weighted by Crippen LogP contribution is -1.99. The van der Waals surface area contributed by atoms with E-state index in [2.05, 4.69) is 249 Å². The fraction of sp³-hybridized carbons (Fsp3) is 0.465. The van der Waals surface area contributed by atoms with Gasteiger partial charge in [0.2, 0.25) is 0 Å². The molecule has 1 aliphatic rings. The number of unbranched alkanes of at least 4 members (excludes halogenated alkanes) is 5. The second-order valence-electron chi connectivity index (χ2n) is 20.0. The Hall–Kier alpha value is -4.94. The Morgan fingerprint density at radius 2 is 0.789 bits per heavy atom. The molecule has 1 fully saturated rings. The quantitative estimate of drug-likeness (QED) is 0.146. The van der Waals surface area contributed by atoms with E-state index in [9.17, 15) is 0 Å². The van der Waals surface area contributed by atoms with Gasteiger partial charge in [0, 0.05) is 0 Å². The van der Waals surface area contributed by atoms with E-state index in [1.54, 1.807) is 0 Å². The van der Waals surface area contributed by atoms with Gasteiger partial charge in [-0.25, -0.2) is 0 Å². The summed E-state index contributed by atoms with van der Waals surface area (Å²) < 4.78 is 0. The third kappa shape index (κ3) is 41.4. The summed E-state index contributed by atoms with van der Waals surface area (Å²) in [5, 5.41) is 5.33. The first-order valence-corrected chi connectivity index (χ1v) is 27.7. The molecule has 71 heavy (non-hydrogen) atoms. The van der Waals surface area contributed by atoms with Gasteiger partial charge in [-0.05, 0) is 77.3 Å². The maximum atomic E-state index is 2.36. The van der Waals surface area contributed by atoms with Crippen LogP contribution in [0.4, 0.5) is 0 Å². The van der Waals surface area contributed by atoms with Crippen molar-refractivity contribution in [2.45, 2.75) is 209 Å². The average molecular weight is 964 g/mol. The van der Waals surface area contributed by atoms with Crippen LogP contribution in [-0.2, 0) is 0 Å². The van der Waals surface area contributed by atoms with Gasteiger partial charge in [0.05, 0.1) is 0 Å². The Morgan fingerprint density at radius 1 is 0.394 bits per heavy atom. The summed E-state index contributed by atoms with van der Waals surface area (Å²) in [6, 6.07) is 59.0. The maximum absolute atomic E-state index is 2.36. The zero-order chi connectivity index (χ0) is 52.8. The van der Waals surface area contributed by atoms with Crippen molar-refractivity contribution in [2.24, 2.45) is 11.3 Å². The van der Waals surface area contributed by atoms with E-state index in [0.29, 0.717) is 5.41 Å². The molecule has 0 N–H and O–H groups in total. The van der Waals surface area contributed by atoms with Gasteiger partial charge >= 0.3 is 0 Å². The van der Waals surface area contributed by atoms with Crippen molar-refractivity contribution in [3.8, 4) is 11.1 Å². The number of rotatable bonds is 6. The van der Waals surface area contributed by atoms with Crippen molar-refractivity contribution >= 4 is 21.5 Å². The topological polar surface area (TPSA) is 0 Å². The zero-order valence-electron chi connectivity index (χ0n) is 48.4. The minimum atomic E-state index is 0. The first-order chi connectivity index (χ1) is 33.6. The fourth-order valence-corrected chi connectivity index (χ4v) is 6.59. The van der Waals surface area contributed by atoms with Crippen LogP contribution >= 0.6 is 0 Å². The predicted octanol–water partition coefficient (Wildman–Crippen LogP) is 24.5. The van der Waals surface area contributed by atoms with Gasteiger partial charge in [0.1, 0.15) is 0 Å². The Morgan fingerprint density at radius 3 is 1.21 bits per heavy atom. The second-order valence-corrected chi connectivity index (χ2v) is 20.0. The minimum Gasteiger partial charge on any atom is -0.0776 e. The molecule has 7 aromatic rings. The summed E-state index contributed by atoms with van der Waals surface area (Å²) >= 11 is 0. The van der Waals surface area contributed by atoms with Crippen LogP contribution in [0.15, 0.2) is 170 Å². The standard InChI is InChI=1S/C13H12.2C11H10.C7H14.C7H8.C7H16.C5H12.C4H10.C3H8.C2H6.CH4/c1-11-7-9-13(10-8-11)12-5-3-2-4-6-12;1-9-5-4-7-10-6-2-3-8-11(9)10;1-9-6-7-10-4-2-3-5-11(10)8-9;2*1-7-5-3-2-4-6-7;1-3-5-7-6-4-2;1-5(2,3)4;1-3-4-2;1-3-2;1-2;/h2-10H,1H3;2*2-8H,1H3;7H,2-6H2,1H3;2-6H,1H3;3-7H2,1-2H3;1-4H3;3-4H2,1-2H3;3H2,1-2H3;1-2H3;1H4. The third-order valence-electron chi connectivity index (χ3n) is 10.6. The van der Waals surface area contributed by atoms with Crippen LogP contribution in [0.2, 0.25) is 0 Å². The summed E-state index contributed by atoms with van der Waals surface area (Å²) in [4.78, 5) is 0. The van der Waals surface area contributed by atoms with Crippen molar-refractivity contribution in [2.75, 3.05) is 0 Å². The van der Waals surface area contributed by atoms with E-state index >= 15 is 0 Å². The number of hydrogen-bond donors (Lipinski definition) is 0. The van der Waals surface area contributed by atoms with Gasteiger partial charge in [-0.15, -0.1) is 0 Å². The van der Waals surface area contributed by atoms with E-state index in [-0.39, 0.29) is 7.43 Å². The van der Waals surface area contributed by atoms with Gasteiger partial charge < -0.3 is 0 Å².